The lowest BCUT2D eigenvalue weighted by Gasteiger charge is -2.15. The van der Waals surface area contributed by atoms with Gasteiger partial charge in [0.15, 0.2) is 0 Å². The molecule has 0 radical (unpaired) electrons. The van der Waals surface area contributed by atoms with Crippen molar-refractivity contribution >= 4 is 0 Å². The fourth-order valence-corrected chi connectivity index (χ4v) is 1.93. The molecule has 3 N–H and O–H groups in total. The van der Waals surface area contributed by atoms with Crippen molar-refractivity contribution in [1.29, 1.82) is 0 Å². The maximum atomic E-state index is 11.9. The standard InChI is InChI=1S/C10H14N2O6/c13-4-7-6(15)3-9(18-7)11-2-1-8(16)12(5-14)10(11)17/h1-2,6-7,9,13-15H,3-5H2/t6-,7+,9+/m0/s1. The van der Waals surface area contributed by atoms with Gasteiger partial charge in [-0.2, -0.15) is 0 Å². The average molecular weight is 258 g/mol. The van der Waals surface area contributed by atoms with E-state index >= 15 is 0 Å². The summed E-state index contributed by atoms with van der Waals surface area (Å²) in [5.74, 6) is 0. The molecule has 18 heavy (non-hydrogen) atoms. The Hall–Kier alpha value is -1.48. The molecule has 0 spiro atoms. The molecule has 8 heteroatoms. The highest BCUT2D eigenvalue weighted by Crippen LogP contribution is 2.26. The van der Waals surface area contributed by atoms with Crippen LogP contribution in [0.1, 0.15) is 12.6 Å². The average Bonchev–Trinajstić information content (AvgIpc) is 2.71. The van der Waals surface area contributed by atoms with Gasteiger partial charge < -0.3 is 20.1 Å². The van der Waals surface area contributed by atoms with Crippen LogP contribution in [0.3, 0.4) is 0 Å². The first kappa shape index (κ1) is 13.0. The second kappa shape index (κ2) is 5.02. The van der Waals surface area contributed by atoms with Crippen LogP contribution in [0, 0.1) is 0 Å². The predicted molar refractivity (Wildman–Crippen MR) is 58.8 cm³/mol. The van der Waals surface area contributed by atoms with Gasteiger partial charge >= 0.3 is 5.69 Å². The molecule has 100 valence electrons. The number of nitrogens with zero attached hydrogens (tertiary/aromatic N) is 2. The van der Waals surface area contributed by atoms with Crippen LogP contribution >= 0.6 is 0 Å². The number of aliphatic hydroxyl groups is 3. The monoisotopic (exact) mass is 258 g/mol. The molecule has 2 rings (SSSR count). The molecule has 0 saturated carbocycles. The lowest BCUT2D eigenvalue weighted by atomic mass is 10.2. The van der Waals surface area contributed by atoms with Crippen molar-refractivity contribution in [3.63, 3.8) is 0 Å². The molecule has 0 unspecified atom stereocenters. The Morgan fingerprint density at radius 1 is 1.39 bits per heavy atom. The van der Waals surface area contributed by atoms with E-state index < -0.39 is 36.4 Å². The van der Waals surface area contributed by atoms with Crippen LogP contribution in [-0.2, 0) is 11.5 Å². The minimum absolute atomic E-state index is 0.134. The van der Waals surface area contributed by atoms with Gasteiger partial charge in [0.25, 0.3) is 5.56 Å². The summed E-state index contributed by atoms with van der Waals surface area (Å²) in [6.07, 6.45) is -1.01. The summed E-state index contributed by atoms with van der Waals surface area (Å²) >= 11 is 0. The van der Waals surface area contributed by atoms with Crippen LogP contribution in [0.4, 0.5) is 0 Å². The highest BCUT2D eigenvalue weighted by Gasteiger charge is 2.35. The van der Waals surface area contributed by atoms with Gasteiger partial charge in [0.2, 0.25) is 0 Å². The molecule has 2 heterocycles. The van der Waals surface area contributed by atoms with Gasteiger partial charge in [-0.3, -0.25) is 9.36 Å². The van der Waals surface area contributed by atoms with Crippen molar-refractivity contribution in [2.45, 2.75) is 31.6 Å². The zero-order valence-electron chi connectivity index (χ0n) is 9.47. The molecule has 0 amide bonds. The fourth-order valence-electron chi connectivity index (χ4n) is 1.93. The van der Waals surface area contributed by atoms with Gasteiger partial charge in [-0.1, -0.05) is 0 Å². The first-order chi connectivity index (χ1) is 8.58. The Balaban J connectivity index is 2.36. The second-order valence-electron chi connectivity index (χ2n) is 4.03. The molecular weight excluding hydrogens is 244 g/mol. The summed E-state index contributed by atoms with van der Waals surface area (Å²) in [6, 6.07) is 1.12. The summed E-state index contributed by atoms with van der Waals surface area (Å²) in [4.78, 5) is 23.1. The molecule has 0 aromatic carbocycles. The molecule has 1 aliphatic rings. The lowest BCUT2D eigenvalue weighted by molar-refractivity contribution is -0.0466. The van der Waals surface area contributed by atoms with E-state index in [9.17, 15) is 14.7 Å². The van der Waals surface area contributed by atoms with Gasteiger partial charge in [0, 0.05) is 18.7 Å². The van der Waals surface area contributed by atoms with Crippen LogP contribution in [0.5, 0.6) is 0 Å². The summed E-state index contributed by atoms with van der Waals surface area (Å²) in [7, 11) is 0. The summed E-state index contributed by atoms with van der Waals surface area (Å²) in [5.41, 5.74) is -1.34. The van der Waals surface area contributed by atoms with E-state index in [4.69, 9.17) is 14.9 Å². The van der Waals surface area contributed by atoms with Crippen molar-refractivity contribution in [2.24, 2.45) is 0 Å². The second-order valence-corrected chi connectivity index (χ2v) is 4.03. The first-order valence-corrected chi connectivity index (χ1v) is 5.45. The third-order valence-corrected chi connectivity index (χ3v) is 2.93. The van der Waals surface area contributed by atoms with Crippen LogP contribution in [-0.4, -0.2) is 43.3 Å². The van der Waals surface area contributed by atoms with E-state index in [1.807, 2.05) is 0 Å². The van der Waals surface area contributed by atoms with Crippen molar-refractivity contribution in [1.82, 2.24) is 9.13 Å². The van der Waals surface area contributed by atoms with E-state index in [0.717, 1.165) is 10.6 Å². The highest BCUT2D eigenvalue weighted by atomic mass is 16.5. The fraction of sp³-hybridized carbons (Fsp3) is 0.600. The Morgan fingerprint density at radius 2 is 2.11 bits per heavy atom. The number of hydrogen-bond acceptors (Lipinski definition) is 6. The molecule has 1 aromatic heterocycles. The first-order valence-electron chi connectivity index (χ1n) is 5.45. The van der Waals surface area contributed by atoms with E-state index in [1.165, 1.54) is 6.20 Å². The molecule has 8 nitrogen and oxygen atoms in total. The van der Waals surface area contributed by atoms with Crippen molar-refractivity contribution in [3.8, 4) is 0 Å². The van der Waals surface area contributed by atoms with Gasteiger partial charge in [-0.05, 0) is 0 Å². The minimum Gasteiger partial charge on any atom is -0.394 e. The lowest BCUT2D eigenvalue weighted by Crippen LogP contribution is -2.40. The molecule has 1 aliphatic heterocycles. The Labute approximate surface area is 101 Å². The summed E-state index contributed by atoms with van der Waals surface area (Å²) in [5, 5.41) is 27.5. The van der Waals surface area contributed by atoms with Gasteiger partial charge in [-0.15, -0.1) is 0 Å². The topological polar surface area (TPSA) is 114 Å². The Kier molecular flexibility index (Phi) is 3.62. The van der Waals surface area contributed by atoms with Crippen molar-refractivity contribution < 1.29 is 20.1 Å². The van der Waals surface area contributed by atoms with Crippen LogP contribution in [0.25, 0.3) is 0 Å². The Bertz CT molecular complexity index is 536. The number of aliphatic hydroxyl groups excluding tert-OH is 3. The van der Waals surface area contributed by atoms with Gasteiger partial charge in [0.05, 0.1) is 12.7 Å². The molecule has 0 bridgehead atoms. The molecule has 0 aliphatic carbocycles. The van der Waals surface area contributed by atoms with E-state index in [0.29, 0.717) is 4.57 Å². The normalized spacial score (nSPS) is 27.6. The zero-order valence-corrected chi connectivity index (χ0v) is 9.47. The predicted octanol–water partition coefficient (Wildman–Crippen LogP) is -2.40. The molecule has 1 aromatic rings. The third-order valence-electron chi connectivity index (χ3n) is 2.93. The zero-order chi connectivity index (χ0) is 13.3. The smallest absolute Gasteiger partial charge is 0.335 e. The molecule has 3 atom stereocenters. The highest BCUT2D eigenvalue weighted by molar-refractivity contribution is 4.90. The van der Waals surface area contributed by atoms with E-state index in [-0.39, 0.29) is 13.0 Å². The maximum Gasteiger partial charge on any atom is 0.335 e. The largest absolute Gasteiger partial charge is 0.394 e. The van der Waals surface area contributed by atoms with Crippen molar-refractivity contribution in [2.75, 3.05) is 6.61 Å². The summed E-state index contributed by atoms with van der Waals surface area (Å²) < 4.78 is 7.04. The van der Waals surface area contributed by atoms with Crippen molar-refractivity contribution in [3.05, 3.63) is 33.1 Å². The van der Waals surface area contributed by atoms with Gasteiger partial charge in [0.1, 0.15) is 19.1 Å². The van der Waals surface area contributed by atoms with E-state index in [2.05, 4.69) is 0 Å². The summed E-state index contributed by atoms with van der Waals surface area (Å²) in [6.45, 7) is -1.08. The SMILES string of the molecule is O=c1ccn([C@H]2C[C@H](O)[C@@H](CO)O2)c(=O)n1CO. The van der Waals surface area contributed by atoms with Crippen LogP contribution in [0.15, 0.2) is 21.9 Å². The number of hydrogen-bond donors (Lipinski definition) is 3. The third kappa shape index (κ3) is 2.10. The number of rotatable bonds is 3. The van der Waals surface area contributed by atoms with Gasteiger partial charge in [-0.25, -0.2) is 9.36 Å². The van der Waals surface area contributed by atoms with E-state index in [1.54, 1.807) is 0 Å². The minimum atomic E-state index is -0.874. The van der Waals surface area contributed by atoms with Crippen LogP contribution < -0.4 is 11.2 Å². The molecule has 1 fully saturated rings. The quantitative estimate of drug-likeness (QED) is 0.557. The number of ether oxygens (including phenoxy) is 1. The maximum absolute atomic E-state index is 11.9. The molecular formula is C10H14N2O6. The molecule has 1 saturated heterocycles. The number of aromatic nitrogens is 2. The van der Waals surface area contributed by atoms with Crippen LogP contribution in [0.2, 0.25) is 0 Å². The Morgan fingerprint density at radius 3 is 2.67 bits per heavy atom.